The lowest BCUT2D eigenvalue weighted by molar-refractivity contribution is -0.133. The molecule has 0 saturated carbocycles. The van der Waals surface area contributed by atoms with Crippen LogP contribution in [0.25, 0.3) is 0 Å². The first-order valence-corrected chi connectivity index (χ1v) is 11.1. The van der Waals surface area contributed by atoms with E-state index in [4.69, 9.17) is 16.1 Å². The molecule has 0 aliphatic carbocycles. The predicted molar refractivity (Wildman–Crippen MR) is 120 cm³/mol. The van der Waals surface area contributed by atoms with Crippen molar-refractivity contribution in [2.75, 3.05) is 13.1 Å². The molecular weight excluding hydrogens is 428 g/mol. The number of likely N-dealkylation sites (tertiary alicyclic amines) is 1. The number of rotatable bonds is 6. The fraction of sp³-hybridized carbons (Fsp3) is 0.333. The van der Waals surface area contributed by atoms with Crippen molar-refractivity contribution < 1.29 is 14.1 Å². The Morgan fingerprint density at radius 2 is 1.94 bits per heavy atom. The number of carbonyl (C=O) groups is 2. The highest BCUT2D eigenvalue weighted by Gasteiger charge is 2.30. The van der Waals surface area contributed by atoms with Gasteiger partial charge >= 0.3 is 0 Å². The third kappa shape index (κ3) is 5.16. The number of hydrogen-bond acceptors (Lipinski definition) is 5. The molecule has 4 rings (SSSR count). The molecule has 7 nitrogen and oxygen atoms in total. The van der Waals surface area contributed by atoms with Gasteiger partial charge in [0.2, 0.25) is 11.8 Å². The van der Waals surface area contributed by atoms with Gasteiger partial charge < -0.3 is 14.7 Å². The normalized spacial score (nSPS) is 17.1. The average molecular weight is 453 g/mol. The van der Waals surface area contributed by atoms with Crippen molar-refractivity contribution in [1.82, 2.24) is 20.4 Å². The van der Waals surface area contributed by atoms with Crippen molar-refractivity contribution in [3.63, 3.8) is 0 Å². The highest BCUT2D eigenvalue weighted by Crippen LogP contribution is 2.28. The summed E-state index contributed by atoms with van der Waals surface area (Å²) in [6, 6.07) is 15.9. The van der Waals surface area contributed by atoms with Crippen LogP contribution in [-0.2, 0) is 4.79 Å². The Bertz CT molecular complexity index is 1090. The molecule has 1 aliphatic heterocycles. The molecule has 32 heavy (non-hydrogen) atoms. The van der Waals surface area contributed by atoms with Gasteiger partial charge in [0, 0.05) is 13.1 Å². The zero-order valence-electron chi connectivity index (χ0n) is 17.8. The van der Waals surface area contributed by atoms with Gasteiger partial charge in [0.15, 0.2) is 5.82 Å². The van der Waals surface area contributed by atoms with Crippen LogP contribution in [0, 0.1) is 6.92 Å². The number of amides is 2. The van der Waals surface area contributed by atoms with E-state index in [0.29, 0.717) is 35.4 Å². The Hall–Kier alpha value is -3.19. The van der Waals surface area contributed by atoms with Gasteiger partial charge in [0.1, 0.15) is 0 Å². The number of halogens is 1. The van der Waals surface area contributed by atoms with Crippen LogP contribution in [0.3, 0.4) is 0 Å². The van der Waals surface area contributed by atoms with Crippen molar-refractivity contribution in [2.45, 2.75) is 38.1 Å². The smallest absolute Gasteiger partial charge is 0.253 e. The lowest BCUT2D eigenvalue weighted by Crippen LogP contribution is -2.41. The standard InChI is InChI=1S/C24H25ClN4O3/c1-16-26-24(32-28-16)18-10-7-13-29(15-18)22(30)14-21(17-8-3-2-4-9-17)27-23(31)19-11-5-6-12-20(19)25/h2-6,8-9,11-12,18,21H,7,10,13-15H2,1H3,(H,27,31). The van der Waals surface area contributed by atoms with E-state index in [9.17, 15) is 9.59 Å². The van der Waals surface area contributed by atoms with Crippen molar-refractivity contribution in [1.29, 1.82) is 0 Å². The second-order valence-corrected chi connectivity index (χ2v) is 8.39. The molecule has 0 radical (unpaired) electrons. The van der Waals surface area contributed by atoms with Crippen LogP contribution in [0.4, 0.5) is 0 Å². The summed E-state index contributed by atoms with van der Waals surface area (Å²) in [7, 11) is 0. The molecule has 1 N–H and O–H groups in total. The van der Waals surface area contributed by atoms with Gasteiger partial charge in [-0.05, 0) is 37.5 Å². The first-order chi connectivity index (χ1) is 15.5. The summed E-state index contributed by atoms with van der Waals surface area (Å²) in [6.07, 6.45) is 1.91. The molecule has 166 valence electrons. The Morgan fingerprint density at radius 3 is 2.66 bits per heavy atom. The number of piperidine rings is 1. The number of aromatic nitrogens is 2. The fourth-order valence-corrected chi connectivity index (χ4v) is 4.23. The van der Waals surface area contributed by atoms with Gasteiger partial charge in [-0.15, -0.1) is 0 Å². The number of hydrogen-bond donors (Lipinski definition) is 1. The maximum absolute atomic E-state index is 13.2. The number of nitrogens with one attached hydrogen (secondary N) is 1. The minimum absolute atomic E-state index is 0.0285. The maximum atomic E-state index is 13.2. The monoisotopic (exact) mass is 452 g/mol. The Balaban J connectivity index is 1.49. The first kappa shape index (κ1) is 22.0. The van der Waals surface area contributed by atoms with Gasteiger partial charge in [-0.1, -0.05) is 59.2 Å². The third-order valence-electron chi connectivity index (χ3n) is 5.67. The molecule has 1 fully saturated rings. The summed E-state index contributed by atoms with van der Waals surface area (Å²) < 4.78 is 5.33. The van der Waals surface area contributed by atoms with E-state index in [0.717, 1.165) is 18.4 Å². The lowest BCUT2D eigenvalue weighted by Gasteiger charge is -2.32. The number of carbonyl (C=O) groups excluding carboxylic acids is 2. The Morgan fingerprint density at radius 1 is 1.19 bits per heavy atom. The van der Waals surface area contributed by atoms with E-state index < -0.39 is 6.04 Å². The van der Waals surface area contributed by atoms with Gasteiger partial charge in [-0.3, -0.25) is 9.59 Å². The predicted octanol–water partition coefficient (Wildman–Crippen LogP) is 4.30. The largest absolute Gasteiger partial charge is 0.345 e. The van der Waals surface area contributed by atoms with Gasteiger partial charge in [-0.25, -0.2) is 0 Å². The van der Waals surface area contributed by atoms with Crippen molar-refractivity contribution in [3.8, 4) is 0 Å². The number of benzene rings is 2. The van der Waals surface area contributed by atoms with Crippen LogP contribution < -0.4 is 5.32 Å². The summed E-state index contributed by atoms with van der Waals surface area (Å²) in [5.41, 5.74) is 1.25. The number of nitrogens with zero attached hydrogens (tertiary/aromatic N) is 3. The molecule has 2 unspecified atom stereocenters. The van der Waals surface area contributed by atoms with Crippen LogP contribution in [0.1, 0.15) is 58.9 Å². The summed E-state index contributed by atoms with van der Waals surface area (Å²) in [4.78, 5) is 32.3. The summed E-state index contributed by atoms with van der Waals surface area (Å²) in [5.74, 6) is 0.859. The minimum atomic E-state index is -0.474. The lowest BCUT2D eigenvalue weighted by atomic mass is 9.96. The van der Waals surface area contributed by atoms with E-state index >= 15 is 0 Å². The van der Waals surface area contributed by atoms with Crippen LogP contribution in [0.15, 0.2) is 59.1 Å². The molecule has 2 amide bonds. The maximum Gasteiger partial charge on any atom is 0.253 e. The van der Waals surface area contributed by atoms with Gasteiger partial charge in [0.05, 0.1) is 29.0 Å². The van der Waals surface area contributed by atoms with E-state index in [1.54, 1.807) is 31.2 Å². The highest BCUT2D eigenvalue weighted by atomic mass is 35.5. The topological polar surface area (TPSA) is 88.3 Å². The third-order valence-corrected chi connectivity index (χ3v) is 6.00. The van der Waals surface area contributed by atoms with E-state index in [-0.39, 0.29) is 24.2 Å². The highest BCUT2D eigenvalue weighted by molar-refractivity contribution is 6.33. The average Bonchev–Trinajstić information content (AvgIpc) is 3.26. The molecule has 1 saturated heterocycles. The van der Waals surface area contributed by atoms with E-state index in [2.05, 4.69) is 15.5 Å². The SMILES string of the molecule is Cc1noc(C2CCCN(C(=O)CC(NC(=O)c3ccccc3Cl)c3ccccc3)C2)n1. The minimum Gasteiger partial charge on any atom is -0.345 e. The van der Waals surface area contributed by atoms with E-state index in [1.165, 1.54) is 0 Å². The zero-order chi connectivity index (χ0) is 22.5. The van der Waals surface area contributed by atoms with Crippen LogP contribution in [0.5, 0.6) is 0 Å². The van der Waals surface area contributed by atoms with Crippen LogP contribution in [-0.4, -0.2) is 39.9 Å². The zero-order valence-corrected chi connectivity index (χ0v) is 18.6. The molecule has 0 spiro atoms. The first-order valence-electron chi connectivity index (χ1n) is 10.7. The summed E-state index contributed by atoms with van der Waals surface area (Å²) >= 11 is 6.20. The molecule has 8 heteroatoms. The quantitative estimate of drug-likeness (QED) is 0.602. The van der Waals surface area contributed by atoms with Crippen LogP contribution >= 0.6 is 11.6 Å². The van der Waals surface area contributed by atoms with Gasteiger partial charge in [-0.2, -0.15) is 4.98 Å². The van der Waals surface area contributed by atoms with Gasteiger partial charge in [0.25, 0.3) is 5.91 Å². The molecule has 1 aromatic heterocycles. The van der Waals surface area contributed by atoms with E-state index in [1.807, 2.05) is 35.2 Å². The molecule has 2 aromatic carbocycles. The molecule has 3 aromatic rings. The molecule has 2 atom stereocenters. The molecular formula is C24H25ClN4O3. The summed E-state index contributed by atoms with van der Waals surface area (Å²) in [5, 5.41) is 7.24. The van der Waals surface area contributed by atoms with Crippen molar-refractivity contribution in [3.05, 3.63) is 82.5 Å². The second kappa shape index (κ2) is 9.96. The fourth-order valence-electron chi connectivity index (χ4n) is 4.01. The van der Waals surface area contributed by atoms with Crippen LogP contribution in [0.2, 0.25) is 5.02 Å². The van der Waals surface area contributed by atoms with Crippen molar-refractivity contribution in [2.24, 2.45) is 0 Å². The Labute approximate surface area is 191 Å². The summed E-state index contributed by atoms with van der Waals surface area (Å²) in [6.45, 7) is 2.98. The Kier molecular flexibility index (Phi) is 6.85. The second-order valence-electron chi connectivity index (χ2n) is 7.98. The molecule has 1 aliphatic rings. The van der Waals surface area contributed by atoms with Crippen molar-refractivity contribution >= 4 is 23.4 Å². The molecule has 0 bridgehead atoms. The number of aryl methyl sites for hydroxylation is 1. The molecule has 2 heterocycles.